The van der Waals surface area contributed by atoms with Gasteiger partial charge in [0.25, 0.3) is 0 Å². The fraction of sp³-hybridized carbons (Fsp3) is 0.625. The van der Waals surface area contributed by atoms with E-state index in [2.05, 4.69) is 11.9 Å². The number of nitrogens with zero attached hydrogens (tertiary/aromatic N) is 1. The number of sulfone groups is 1. The number of rotatable bonds is 6. The van der Waals surface area contributed by atoms with Crippen molar-refractivity contribution in [3.05, 3.63) is 24.3 Å². The van der Waals surface area contributed by atoms with Gasteiger partial charge in [0, 0.05) is 32.5 Å². The predicted molar refractivity (Wildman–Crippen MR) is 85.6 cm³/mol. The molecule has 1 saturated heterocycles. The summed E-state index contributed by atoms with van der Waals surface area (Å²) in [6, 6.07) is 7.21. The second-order valence-electron chi connectivity index (χ2n) is 5.66. The minimum atomic E-state index is -3.10. The van der Waals surface area contributed by atoms with Crippen LogP contribution in [0.1, 0.15) is 26.2 Å². The van der Waals surface area contributed by atoms with Crippen LogP contribution in [0.15, 0.2) is 29.2 Å². The standard InChI is InChI=1S/C16H25NO3S/c1-3-21(18,19)16-6-4-15(5-7-16)17(2)11-8-14-9-12-20-13-10-14/h4-7,14H,3,8-13H2,1-2H3. The molecule has 0 spiro atoms. The summed E-state index contributed by atoms with van der Waals surface area (Å²) in [5.74, 6) is 0.896. The zero-order chi connectivity index (χ0) is 15.3. The molecule has 4 nitrogen and oxygen atoms in total. The Morgan fingerprint density at radius 2 is 1.81 bits per heavy atom. The first-order valence-electron chi connectivity index (χ1n) is 7.64. The molecule has 0 amide bonds. The summed E-state index contributed by atoms with van der Waals surface area (Å²) >= 11 is 0. The molecule has 1 aromatic rings. The molecule has 1 fully saturated rings. The molecule has 1 aliphatic rings. The lowest BCUT2D eigenvalue weighted by Crippen LogP contribution is -2.24. The zero-order valence-electron chi connectivity index (χ0n) is 12.9. The van der Waals surface area contributed by atoms with Gasteiger partial charge in [-0.05, 0) is 49.4 Å². The molecule has 1 aromatic carbocycles. The second kappa shape index (κ2) is 7.27. The lowest BCUT2D eigenvalue weighted by molar-refractivity contribution is 0.0645. The highest BCUT2D eigenvalue weighted by molar-refractivity contribution is 7.91. The Hall–Kier alpha value is -1.07. The summed E-state index contributed by atoms with van der Waals surface area (Å²) in [4.78, 5) is 2.60. The van der Waals surface area contributed by atoms with Crippen LogP contribution in [-0.2, 0) is 14.6 Å². The average Bonchev–Trinajstić information content (AvgIpc) is 2.53. The number of hydrogen-bond acceptors (Lipinski definition) is 4. The van der Waals surface area contributed by atoms with Gasteiger partial charge in [0.1, 0.15) is 0 Å². The van der Waals surface area contributed by atoms with Gasteiger partial charge in [-0.15, -0.1) is 0 Å². The topological polar surface area (TPSA) is 46.6 Å². The smallest absolute Gasteiger partial charge is 0.178 e. The van der Waals surface area contributed by atoms with E-state index < -0.39 is 9.84 Å². The van der Waals surface area contributed by atoms with Crippen molar-refractivity contribution in [3.63, 3.8) is 0 Å². The Morgan fingerprint density at radius 3 is 2.38 bits per heavy atom. The van der Waals surface area contributed by atoms with E-state index in [0.29, 0.717) is 4.90 Å². The number of ether oxygens (including phenoxy) is 1. The molecular formula is C16H25NO3S. The average molecular weight is 311 g/mol. The van der Waals surface area contributed by atoms with E-state index in [1.54, 1.807) is 19.1 Å². The fourth-order valence-electron chi connectivity index (χ4n) is 2.62. The van der Waals surface area contributed by atoms with E-state index in [1.165, 1.54) is 0 Å². The highest BCUT2D eigenvalue weighted by Gasteiger charge is 2.15. The van der Waals surface area contributed by atoms with E-state index >= 15 is 0 Å². The Labute approximate surface area is 128 Å². The van der Waals surface area contributed by atoms with E-state index in [4.69, 9.17) is 4.74 Å². The third-order valence-electron chi connectivity index (χ3n) is 4.23. The van der Waals surface area contributed by atoms with Gasteiger partial charge in [-0.1, -0.05) is 6.92 Å². The molecule has 21 heavy (non-hydrogen) atoms. The summed E-state index contributed by atoms with van der Waals surface area (Å²) in [7, 11) is -1.04. The summed E-state index contributed by atoms with van der Waals surface area (Å²) in [6.45, 7) is 4.43. The first kappa shape index (κ1) is 16.3. The Kier molecular flexibility index (Phi) is 5.65. The molecule has 0 bridgehead atoms. The van der Waals surface area contributed by atoms with Crippen LogP contribution >= 0.6 is 0 Å². The zero-order valence-corrected chi connectivity index (χ0v) is 13.7. The molecule has 0 aliphatic carbocycles. The highest BCUT2D eigenvalue weighted by Crippen LogP contribution is 2.22. The lowest BCUT2D eigenvalue weighted by atomic mass is 9.96. The number of anilines is 1. The van der Waals surface area contributed by atoms with Crippen molar-refractivity contribution in [2.75, 3.05) is 37.5 Å². The third kappa shape index (κ3) is 4.45. The minimum Gasteiger partial charge on any atom is -0.381 e. The maximum absolute atomic E-state index is 11.8. The Bertz CT molecular complexity index is 533. The first-order valence-corrected chi connectivity index (χ1v) is 9.30. The molecule has 118 valence electrons. The van der Waals surface area contributed by atoms with Crippen molar-refractivity contribution in [2.45, 2.75) is 31.1 Å². The minimum absolute atomic E-state index is 0.145. The summed E-state index contributed by atoms with van der Waals surface area (Å²) < 4.78 is 29.0. The summed E-state index contributed by atoms with van der Waals surface area (Å²) in [5, 5.41) is 0. The second-order valence-corrected chi connectivity index (χ2v) is 7.94. The SMILES string of the molecule is CCS(=O)(=O)c1ccc(N(C)CCC2CCOCC2)cc1. The number of benzene rings is 1. The molecule has 1 heterocycles. The van der Waals surface area contributed by atoms with Gasteiger partial charge < -0.3 is 9.64 Å². The van der Waals surface area contributed by atoms with Crippen molar-refractivity contribution in [3.8, 4) is 0 Å². The van der Waals surface area contributed by atoms with Crippen LogP contribution in [0.5, 0.6) is 0 Å². The molecule has 5 heteroatoms. The molecule has 0 aromatic heterocycles. The third-order valence-corrected chi connectivity index (χ3v) is 5.98. The molecule has 1 aliphatic heterocycles. The molecular weight excluding hydrogens is 286 g/mol. The van der Waals surface area contributed by atoms with Crippen molar-refractivity contribution >= 4 is 15.5 Å². The van der Waals surface area contributed by atoms with E-state index in [1.807, 2.05) is 12.1 Å². The van der Waals surface area contributed by atoms with Crippen molar-refractivity contribution in [2.24, 2.45) is 5.92 Å². The van der Waals surface area contributed by atoms with Crippen LogP contribution in [-0.4, -0.2) is 41.0 Å². The van der Waals surface area contributed by atoms with Crippen LogP contribution in [0.3, 0.4) is 0 Å². The van der Waals surface area contributed by atoms with Gasteiger partial charge >= 0.3 is 0 Å². The predicted octanol–water partition coefficient (Wildman–Crippen LogP) is 2.73. The molecule has 0 saturated carbocycles. The van der Waals surface area contributed by atoms with Gasteiger partial charge in [-0.2, -0.15) is 0 Å². The largest absolute Gasteiger partial charge is 0.381 e. The van der Waals surface area contributed by atoms with Crippen LogP contribution in [0.25, 0.3) is 0 Å². The van der Waals surface area contributed by atoms with Gasteiger partial charge in [0.15, 0.2) is 9.84 Å². The lowest BCUT2D eigenvalue weighted by Gasteiger charge is -2.26. The Balaban J connectivity index is 1.91. The molecule has 2 rings (SSSR count). The van der Waals surface area contributed by atoms with Gasteiger partial charge in [-0.25, -0.2) is 8.42 Å². The number of hydrogen-bond donors (Lipinski definition) is 0. The van der Waals surface area contributed by atoms with Crippen LogP contribution < -0.4 is 4.90 Å². The van der Waals surface area contributed by atoms with Gasteiger partial charge in [-0.3, -0.25) is 0 Å². The van der Waals surface area contributed by atoms with Crippen molar-refractivity contribution < 1.29 is 13.2 Å². The normalized spacial score (nSPS) is 16.9. The monoisotopic (exact) mass is 311 g/mol. The van der Waals surface area contributed by atoms with Crippen LogP contribution in [0.2, 0.25) is 0 Å². The van der Waals surface area contributed by atoms with E-state index in [0.717, 1.165) is 50.6 Å². The van der Waals surface area contributed by atoms with Crippen molar-refractivity contribution in [1.29, 1.82) is 0 Å². The van der Waals surface area contributed by atoms with Crippen LogP contribution in [0, 0.1) is 5.92 Å². The van der Waals surface area contributed by atoms with Gasteiger partial charge in [0.2, 0.25) is 0 Å². The molecule has 0 unspecified atom stereocenters. The van der Waals surface area contributed by atoms with E-state index in [-0.39, 0.29) is 5.75 Å². The molecule has 0 N–H and O–H groups in total. The fourth-order valence-corrected chi connectivity index (χ4v) is 3.50. The Morgan fingerprint density at radius 1 is 1.19 bits per heavy atom. The highest BCUT2D eigenvalue weighted by atomic mass is 32.2. The summed E-state index contributed by atoms with van der Waals surface area (Å²) in [5.41, 5.74) is 1.07. The van der Waals surface area contributed by atoms with Crippen molar-refractivity contribution in [1.82, 2.24) is 0 Å². The molecule has 0 radical (unpaired) electrons. The van der Waals surface area contributed by atoms with Crippen LogP contribution in [0.4, 0.5) is 5.69 Å². The maximum Gasteiger partial charge on any atom is 0.178 e. The molecule has 0 atom stereocenters. The summed E-state index contributed by atoms with van der Waals surface area (Å²) in [6.07, 6.45) is 3.47. The first-order chi connectivity index (χ1) is 10.0. The maximum atomic E-state index is 11.8. The van der Waals surface area contributed by atoms with Gasteiger partial charge in [0.05, 0.1) is 10.6 Å². The van der Waals surface area contributed by atoms with E-state index in [9.17, 15) is 8.42 Å². The quantitative estimate of drug-likeness (QED) is 0.810.